The summed E-state index contributed by atoms with van der Waals surface area (Å²) in [5.74, 6) is -1.11. The molecule has 0 aliphatic heterocycles. The standard InChI is InChI=1S/C15H29IN2O3/c16-11-7-4-2-1-3-5-10-14(19)18-13(15(20)21)9-6-8-12-17/h13H,1-12,17H2,(H,18,19)(H,20,21)/t13-/m0/s1. The molecule has 0 aromatic rings. The third-order valence-corrected chi connectivity index (χ3v) is 4.13. The van der Waals surface area contributed by atoms with Crippen molar-refractivity contribution in [1.82, 2.24) is 5.32 Å². The molecular weight excluding hydrogens is 383 g/mol. The number of aliphatic carboxylic acids is 1. The van der Waals surface area contributed by atoms with Crippen molar-refractivity contribution >= 4 is 34.5 Å². The molecule has 0 heterocycles. The Hall–Kier alpha value is -0.370. The number of carbonyl (C=O) groups is 2. The van der Waals surface area contributed by atoms with Gasteiger partial charge in [0.1, 0.15) is 6.04 Å². The number of halogens is 1. The molecule has 0 aromatic heterocycles. The van der Waals surface area contributed by atoms with Gasteiger partial charge < -0.3 is 16.2 Å². The molecule has 0 aromatic carbocycles. The number of rotatable bonds is 14. The summed E-state index contributed by atoms with van der Waals surface area (Å²) in [5.41, 5.74) is 5.38. The topological polar surface area (TPSA) is 92.4 Å². The van der Waals surface area contributed by atoms with E-state index in [1.165, 1.54) is 23.7 Å². The Kier molecular flexibility index (Phi) is 14.3. The lowest BCUT2D eigenvalue weighted by atomic mass is 10.1. The fourth-order valence-corrected chi connectivity index (χ4v) is 2.64. The van der Waals surface area contributed by atoms with Gasteiger partial charge in [0.2, 0.25) is 5.91 Å². The van der Waals surface area contributed by atoms with Crippen molar-refractivity contribution in [3.05, 3.63) is 0 Å². The molecule has 4 N–H and O–H groups in total. The molecule has 5 nitrogen and oxygen atoms in total. The average molecular weight is 412 g/mol. The highest BCUT2D eigenvalue weighted by atomic mass is 127. The summed E-state index contributed by atoms with van der Waals surface area (Å²) in [6.07, 6.45) is 9.18. The van der Waals surface area contributed by atoms with Gasteiger partial charge in [0.05, 0.1) is 0 Å². The van der Waals surface area contributed by atoms with Crippen LogP contribution < -0.4 is 11.1 Å². The molecule has 1 amide bonds. The minimum Gasteiger partial charge on any atom is -0.480 e. The summed E-state index contributed by atoms with van der Waals surface area (Å²) >= 11 is 2.38. The zero-order valence-electron chi connectivity index (χ0n) is 12.8. The van der Waals surface area contributed by atoms with Gasteiger partial charge in [-0.25, -0.2) is 4.79 Å². The van der Waals surface area contributed by atoms with E-state index < -0.39 is 12.0 Å². The summed E-state index contributed by atoms with van der Waals surface area (Å²) in [6, 6.07) is -0.771. The molecule has 6 heteroatoms. The number of hydrogen-bond acceptors (Lipinski definition) is 3. The van der Waals surface area contributed by atoms with Gasteiger partial charge in [-0.2, -0.15) is 0 Å². The van der Waals surface area contributed by atoms with Crippen LogP contribution in [0.5, 0.6) is 0 Å². The van der Waals surface area contributed by atoms with Crippen molar-refractivity contribution in [2.75, 3.05) is 11.0 Å². The van der Waals surface area contributed by atoms with E-state index in [1.807, 2.05) is 0 Å². The second kappa shape index (κ2) is 14.6. The quantitative estimate of drug-likeness (QED) is 0.232. The van der Waals surface area contributed by atoms with Gasteiger partial charge in [-0.15, -0.1) is 0 Å². The predicted molar refractivity (Wildman–Crippen MR) is 93.7 cm³/mol. The predicted octanol–water partition coefficient (Wildman–Crippen LogP) is 2.85. The fraction of sp³-hybridized carbons (Fsp3) is 0.867. The molecule has 0 radical (unpaired) electrons. The number of carbonyl (C=O) groups excluding carboxylic acids is 1. The molecular formula is C15H29IN2O3. The zero-order chi connectivity index (χ0) is 15.9. The number of alkyl halides is 1. The number of hydrogen-bond donors (Lipinski definition) is 3. The highest BCUT2D eigenvalue weighted by molar-refractivity contribution is 14.1. The van der Waals surface area contributed by atoms with Crippen LogP contribution in [-0.4, -0.2) is 34.0 Å². The summed E-state index contributed by atoms with van der Waals surface area (Å²) in [6.45, 7) is 0.553. The Balaban J connectivity index is 3.70. The molecule has 0 saturated heterocycles. The number of carboxylic acid groups (broad SMARTS) is 1. The van der Waals surface area contributed by atoms with Gasteiger partial charge in [-0.3, -0.25) is 4.79 Å². The molecule has 0 spiro atoms. The van der Waals surface area contributed by atoms with E-state index in [9.17, 15) is 9.59 Å². The van der Waals surface area contributed by atoms with Crippen LogP contribution in [0.25, 0.3) is 0 Å². The van der Waals surface area contributed by atoms with Gasteiger partial charge in [0.25, 0.3) is 0 Å². The summed E-state index contributed by atoms with van der Waals surface area (Å²) in [5, 5.41) is 11.7. The normalized spacial score (nSPS) is 12.1. The van der Waals surface area contributed by atoms with E-state index in [4.69, 9.17) is 10.8 Å². The highest BCUT2D eigenvalue weighted by Crippen LogP contribution is 2.08. The third-order valence-electron chi connectivity index (χ3n) is 3.37. The summed E-state index contributed by atoms with van der Waals surface area (Å²) < 4.78 is 1.21. The van der Waals surface area contributed by atoms with Crippen LogP contribution in [0.3, 0.4) is 0 Å². The summed E-state index contributed by atoms with van der Waals surface area (Å²) in [4.78, 5) is 22.8. The molecule has 1 atom stereocenters. The number of nitrogens with one attached hydrogen (secondary N) is 1. The van der Waals surface area contributed by atoms with Crippen LogP contribution in [0.2, 0.25) is 0 Å². The molecule has 0 saturated carbocycles. The third kappa shape index (κ3) is 13.0. The van der Waals surface area contributed by atoms with Crippen molar-refractivity contribution < 1.29 is 14.7 Å². The van der Waals surface area contributed by atoms with Crippen LogP contribution in [0, 0.1) is 0 Å². The Bertz CT molecular complexity index is 288. The largest absolute Gasteiger partial charge is 0.480 e. The molecule has 0 bridgehead atoms. The van der Waals surface area contributed by atoms with Gasteiger partial charge in [0.15, 0.2) is 0 Å². The first-order chi connectivity index (χ1) is 10.1. The lowest BCUT2D eigenvalue weighted by Crippen LogP contribution is -2.40. The van der Waals surface area contributed by atoms with Crippen molar-refractivity contribution in [3.8, 4) is 0 Å². The minimum absolute atomic E-state index is 0.151. The van der Waals surface area contributed by atoms with E-state index in [-0.39, 0.29) is 5.91 Å². The van der Waals surface area contributed by atoms with Crippen LogP contribution >= 0.6 is 22.6 Å². The van der Waals surface area contributed by atoms with Gasteiger partial charge in [0, 0.05) is 6.42 Å². The Morgan fingerprint density at radius 1 is 1.00 bits per heavy atom. The zero-order valence-corrected chi connectivity index (χ0v) is 14.9. The number of carboxylic acids is 1. The summed E-state index contributed by atoms with van der Waals surface area (Å²) in [7, 11) is 0. The van der Waals surface area contributed by atoms with Gasteiger partial charge in [-0.1, -0.05) is 48.3 Å². The average Bonchev–Trinajstić information content (AvgIpc) is 2.45. The molecule has 21 heavy (non-hydrogen) atoms. The van der Waals surface area contributed by atoms with Crippen LogP contribution in [0.1, 0.15) is 64.2 Å². The van der Waals surface area contributed by atoms with Crippen molar-refractivity contribution in [2.45, 2.75) is 70.3 Å². The van der Waals surface area contributed by atoms with Crippen LogP contribution in [-0.2, 0) is 9.59 Å². The van der Waals surface area contributed by atoms with E-state index >= 15 is 0 Å². The number of amides is 1. The maximum Gasteiger partial charge on any atom is 0.326 e. The van der Waals surface area contributed by atoms with E-state index in [1.54, 1.807) is 0 Å². The Morgan fingerprint density at radius 3 is 2.19 bits per heavy atom. The van der Waals surface area contributed by atoms with Gasteiger partial charge >= 0.3 is 5.97 Å². The minimum atomic E-state index is -0.959. The van der Waals surface area contributed by atoms with Crippen molar-refractivity contribution in [3.63, 3.8) is 0 Å². The molecule has 124 valence electrons. The van der Waals surface area contributed by atoms with Gasteiger partial charge in [-0.05, 0) is 43.1 Å². The van der Waals surface area contributed by atoms with Crippen molar-refractivity contribution in [2.24, 2.45) is 5.73 Å². The Morgan fingerprint density at radius 2 is 1.62 bits per heavy atom. The van der Waals surface area contributed by atoms with E-state index in [0.717, 1.165) is 32.1 Å². The van der Waals surface area contributed by atoms with Crippen LogP contribution in [0.4, 0.5) is 0 Å². The number of unbranched alkanes of at least 4 members (excludes halogenated alkanes) is 6. The maximum atomic E-state index is 11.7. The second-order valence-corrected chi connectivity index (χ2v) is 6.38. The number of nitrogens with two attached hydrogens (primary N) is 1. The molecule has 0 rings (SSSR count). The van der Waals surface area contributed by atoms with E-state index in [0.29, 0.717) is 19.4 Å². The smallest absolute Gasteiger partial charge is 0.326 e. The molecule has 0 aliphatic carbocycles. The lowest BCUT2D eigenvalue weighted by molar-refractivity contribution is -0.142. The first kappa shape index (κ1) is 20.6. The molecule has 0 aliphatic rings. The van der Waals surface area contributed by atoms with Crippen LogP contribution in [0.15, 0.2) is 0 Å². The lowest BCUT2D eigenvalue weighted by Gasteiger charge is -2.14. The van der Waals surface area contributed by atoms with Crippen molar-refractivity contribution in [1.29, 1.82) is 0 Å². The SMILES string of the molecule is NCCCC[C@H](NC(=O)CCCCCCCCI)C(=O)O. The second-order valence-electron chi connectivity index (χ2n) is 5.30. The Labute approximate surface area is 141 Å². The highest BCUT2D eigenvalue weighted by Gasteiger charge is 2.18. The maximum absolute atomic E-state index is 11.7. The first-order valence-corrected chi connectivity index (χ1v) is 9.42. The monoisotopic (exact) mass is 412 g/mol. The molecule has 0 unspecified atom stereocenters. The van der Waals surface area contributed by atoms with E-state index in [2.05, 4.69) is 27.9 Å². The fourth-order valence-electron chi connectivity index (χ4n) is 2.10. The molecule has 0 fully saturated rings. The first-order valence-electron chi connectivity index (χ1n) is 7.90.